The molecule has 0 spiro atoms. The number of nitrogens with one attached hydrogen (secondary N) is 1. The third-order valence-corrected chi connectivity index (χ3v) is 2.58. The number of fused-ring (bicyclic) bond motifs is 1. The Bertz CT molecular complexity index is 581. The number of aromatic nitrogens is 3. The van der Waals surface area contributed by atoms with Crippen molar-refractivity contribution in [3.8, 4) is 0 Å². The lowest BCUT2D eigenvalue weighted by Gasteiger charge is -2.19. The maximum absolute atomic E-state index is 12.7. The molecule has 0 saturated carbocycles. The number of halogens is 3. The van der Waals surface area contributed by atoms with Gasteiger partial charge in [0.15, 0.2) is 11.5 Å². The zero-order valence-corrected chi connectivity index (χ0v) is 10.9. The van der Waals surface area contributed by atoms with Crippen molar-refractivity contribution in [2.24, 2.45) is 0 Å². The van der Waals surface area contributed by atoms with Gasteiger partial charge in [0.05, 0.1) is 12.1 Å². The minimum Gasteiger partial charge on any atom is -0.305 e. The van der Waals surface area contributed by atoms with Gasteiger partial charge in [-0.05, 0) is 32.9 Å². The first-order chi connectivity index (χ1) is 8.67. The monoisotopic (exact) mass is 272 g/mol. The fraction of sp³-hybridized carbons (Fsp3) is 0.500. The largest absolute Gasteiger partial charge is 0.417 e. The number of pyridine rings is 1. The fourth-order valence-electron chi connectivity index (χ4n) is 1.57. The lowest BCUT2D eigenvalue weighted by Crippen LogP contribution is -2.35. The zero-order chi connectivity index (χ0) is 14.3. The summed E-state index contributed by atoms with van der Waals surface area (Å²) in [5, 5.41) is 10.9. The van der Waals surface area contributed by atoms with E-state index >= 15 is 0 Å². The fourth-order valence-corrected chi connectivity index (χ4v) is 1.57. The average molecular weight is 272 g/mol. The van der Waals surface area contributed by atoms with Crippen LogP contribution in [0.2, 0.25) is 0 Å². The number of rotatable bonds is 2. The molecular weight excluding hydrogens is 257 g/mol. The van der Waals surface area contributed by atoms with E-state index in [2.05, 4.69) is 15.5 Å². The predicted molar refractivity (Wildman–Crippen MR) is 64.6 cm³/mol. The van der Waals surface area contributed by atoms with Crippen molar-refractivity contribution in [1.29, 1.82) is 0 Å². The van der Waals surface area contributed by atoms with E-state index in [-0.39, 0.29) is 5.54 Å². The Kier molecular flexibility index (Phi) is 3.25. The van der Waals surface area contributed by atoms with Crippen molar-refractivity contribution in [1.82, 2.24) is 19.9 Å². The zero-order valence-electron chi connectivity index (χ0n) is 10.9. The van der Waals surface area contributed by atoms with E-state index in [1.165, 1.54) is 10.5 Å². The van der Waals surface area contributed by atoms with Crippen LogP contribution >= 0.6 is 0 Å². The Balaban J connectivity index is 2.35. The molecule has 19 heavy (non-hydrogen) atoms. The van der Waals surface area contributed by atoms with E-state index in [1.807, 2.05) is 20.8 Å². The molecule has 0 bridgehead atoms. The summed E-state index contributed by atoms with van der Waals surface area (Å²) in [5.41, 5.74) is -0.455. The van der Waals surface area contributed by atoms with Gasteiger partial charge in [-0.1, -0.05) is 0 Å². The lowest BCUT2D eigenvalue weighted by molar-refractivity contribution is -0.137. The molecule has 0 fully saturated rings. The van der Waals surface area contributed by atoms with Crippen molar-refractivity contribution in [2.45, 2.75) is 39.0 Å². The Morgan fingerprint density at radius 1 is 1.16 bits per heavy atom. The Morgan fingerprint density at radius 3 is 2.42 bits per heavy atom. The summed E-state index contributed by atoms with van der Waals surface area (Å²) in [4.78, 5) is 0. The Labute approximate surface area is 108 Å². The first-order valence-corrected chi connectivity index (χ1v) is 5.83. The number of hydrogen-bond acceptors (Lipinski definition) is 3. The molecule has 0 aliphatic carbocycles. The molecule has 2 heterocycles. The van der Waals surface area contributed by atoms with Crippen molar-refractivity contribution >= 4 is 5.65 Å². The van der Waals surface area contributed by atoms with Crippen LogP contribution in [0.3, 0.4) is 0 Å². The maximum Gasteiger partial charge on any atom is 0.417 e. The van der Waals surface area contributed by atoms with Crippen molar-refractivity contribution in [3.05, 3.63) is 29.7 Å². The molecule has 2 rings (SSSR count). The van der Waals surface area contributed by atoms with Gasteiger partial charge in [-0.25, -0.2) is 0 Å². The Hall–Kier alpha value is -1.63. The molecule has 0 radical (unpaired) electrons. The third-order valence-electron chi connectivity index (χ3n) is 2.58. The summed E-state index contributed by atoms with van der Waals surface area (Å²) in [7, 11) is 0. The molecule has 0 unspecified atom stereocenters. The third kappa shape index (κ3) is 3.23. The molecule has 0 amide bonds. The maximum atomic E-state index is 12.7. The highest BCUT2D eigenvalue weighted by Gasteiger charge is 2.31. The summed E-state index contributed by atoms with van der Waals surface area (Å²) >= 11 is 0. The smallest absolute Gasteiger partial charge is 0.305 e. The molecule has 0 aromatic carbocycles. The van der Waals surface area contributed by atoms with Crippen molar-refractivity contribution < 1.29 is 13.2 Å². The van der Waals surface area contributed by atoms with Crippen LogP contribution in [0.5, 0.6) is 0 Å². The van der Waals surface area contributed by atoms with Gasteiger partial charge >= 0.3 is 6.18 Å². The van der Waals surface area contributed by atoms with E-state index < -0.39 is 11.7 Å². The molecule has 104 valence electrons. The second-order valence-corrected chi connectivity index (χ2v) is 5.36. The normalized spacial score (nSPS) is 13.2. The van der Waals surface area contributed by atoms with Crippen LogP contribution in [0.4, 0.5) is 13.2 Å². The highest BCUT2D eigenvalue weighted by atomic mass is 19.4. The van der Waals surface area contributed by atoms with Gasteiger partial charge in [0.25, 0.3) is 0 Å². The second-order valence-electron chi connectivity index (χ2n) is 5.36. The van der Waals surface area contributed by atoms with Crippen LogP contribution in [-0.2, 0) is 12.7 Å². The Morgan fingerprint density at radius 2 is 1.84 bits per heavy atom. The molecule has 0 atom stereocenters. The van der Waals surface area contributed by atoms with Gasteiger partial charge in [0.1, 0.15) is 0 Å². The highest BCUT2D eigenvalue weighted by molar-refractivity contribution is 5.40. The molecule has 2 aromatic rings. The molecule has 7 heteroatoms. The van der Waals surface area contributed by atoms with Gasteiger partial charge in [0, 0.05) is 11.7 Å². The van der Waals surface area contributed by atoms with Gasteiger partial charge < -0.3 is 5.32 Å². The summed E-state index contributed by atoms with van der Waals surface area (Å²) < 4.78 is 39.3. The van der Waals surface area contributed by atoms with Crippen molar-refractivity contribution in [2.75, 3.05) is 0 Å². The summed E-state index contributed by atoms with van der Waals surface area (Å²) in [5.74, 6) is 0.455. The van der Waals surface area contributed by atoms with Crippen LogP contribution in [0.1, 0.15) is 32.2 Å². The summed E-state index contributed by atoms with van der Waals surface area (Å²) in [6.07, 6.45) is -3.35. The van der Waals surface area contributed by atoms with Gasteiger partial charge in [0.2, 0.25) is 0 Å². The van der Waals surface area contributed by atoms with Gasteiger partial charge in [-0.2, -0.15) is 13.2 Å². The van der Waals surface area contributed by atoms with Crippen LogP contribution < -0.4 is 5.32 Å². The quantitative estimate of drug-likeness (QED) is 0.913. The number of alkyl halides is 3. The van der Waals surface area contributed by atoms with E-state index in [1.54, 1.807) is 0 Å². The summed E-state index contributed by atoms with van der Waals surface area (Å²) in [6, 6.07) is 2.32. The van der Waals surface area contributed by atoms with Crippen molar-refractivity contribution in [3.63, 3.8) is 0 Å². The van der Waals surface area contributed by atoms with E-state index in [0.717, 1.165) is 12.3 Å². The highest BCUT2D eigenvalue weighted by Crippen LogP contribution is 2.29. The first kappa shape index (κ1) is 13.8. The first-order valence-electron chi connectivity index (χ1n) is 5.83. The molecule has 0 aliphatic rings. The standard InChI is InChI=1S/C12H15F3N4/c1-11(2,3)16-6-10-18-17-9-5-4-8(7-19(9)10)12(13,14)15/h4-5,7,16H,6H2,1-3H3. The second kappa shape index (κ2) is 4.48. The molecular formula is C12H15F3N4. The van der Waals surface area contributed by atoms with E-state index in [0.29, 0.717) is 18.0 Å². The SMILES string of the molecule is CC(C)(C)NCc1nnc2ccc(C(F)(F)F)cn12. The van der Waals surface area contributed by atoms with Crippen LogP contribution in [-0.4, -0.2) is 20.1 Å². The van der Waals surface area contributed by atoms with Crippen LogP contribution in [0.15, 0.2) is 18.3 Å². The minimum atomic E-state index is -4.37. The number of hydrogen-bond donors (Lipinski definition) is 1. The molecule has 4 nitrogen and oxygen atoms in total. The average Bonchev–Trinajstić information content (AvgIpc) is 2.66. The summed E-state index contributed by atoms with van der Waals surface area (Å²) in [6.45, 7) is 6.26. The molecule has 2 aromatic heterocycles. The molecule has 0 saturated heterocycles. The van der Waals surface area contributed by atoms with Crippen LogP contribution in [0.25, 0.3) is 5.65 Å². The van der Waals surface area contributed by atoms with Gasteiger partial charge in [-0.15, -0.1) is 10.2 Å². The molecule has 0 aliphatic heterocycles. The minimum absolute atomic E-state index is 0.145. The topological polar surface area (TPSA) is 42.2 Å². The molecule has 1 N–H and O–H groups in total. The predicted octanol–water partition coefficient (Wildman–Crippen LogP) is 2.64. The van der Waals surface area contributed by atoms with Gasteiger partial charge in [-0.3, -0.25) is 4.40 Å². The lowest BCUT2D eigenvalue weighted by atomic mass is 10.1. The van der Waals surface area contributed by atoms with Crippen LogP contribution in [0, 0.1) is 0 Å². The van der Waals surface area contributed by atoms with E-state index in [9.17, 15) is 13.2 Å². The van der Waals surface area contributed by atoms with E-state index in [4.69, 9.17) is 0 Å². The number of nitrogens with zero attached hydrogens (tertiary/aromatic N) is 3.